The average Bonchev–Trinajstić information content (AvgIpc) is 3.58. The van der Waals surface area contributed by atoms with E-state index in [9.17, 15) is 9.59 Å². The molecule has 0 saturated carbocycles. The van der Waals surface area contributed by atoms with Gasteiger partial charge in [-0.15, -0.1) is 10.2 Å². The molecule has 2 aromatic carbocycles. The van der Waals surface area contributed by atoms with Gasteiger partial charge in [0.2, 0.25) is 5.82 Å². The summed E-state index contributed by atoms with van der Waals surface area (Å²) in [7, 11) is 0. The fourth-order valence-corrected chi connectivity index (χ4v) is 5.24. The highest BCUT2D eigenvalue weighted by molar-refractivity contribution is 5.80. The van der Waals surface area contributed by atoms with E-state index in [2.05, 4.69) is 65.7 Å². The zero-order valence-corrected chi connectivity index (χ0v) is 24.7. The first-order valence-corrected chi connectivity index (χ1v) is 14.2. The number of aryl methyl sites for hydroxylation is 1. The minimum atomic E-state index is -0.283. The van der Waals surface area contributed by atoms with E-state index in [1.54, 1.807) is 4.57 Å². The zero-order valence-electron chi connectivity index (χ0n) is 24.7. The molecule has 0 aliphatic rings. The van der Waals surface area contributed by atoms with Crippen LogP contribution < -0.4 is 11.2 Å². The molecule has 0 bridgehead atoms. The van der Waals surface area contributed by atoms with Crippen LogP contribution in [0.3, 0.4) is 0 Å². The normalized spacial score (nSPS) is 12.1. The number of hydrogen-bond donors (Lipinski definition) is 1. The van der Waals surface area contributed by atoms with Gasteiger partial charge in [0.1, 0.15) is 5.82 Å². The van der Waals surface area contributed by atoms with Crippen LogP contribution in [0.4, 0.5) is 0 Å². The number of rotatable bonds is 9. The third-order valence-corrected chi connectivity index (χ3v) is 7.00. The van der Waals surface area contributed by atoms with Gasteiger partial charge in [0.25, 0.3) is 5.56 Å². The summed E-state index contributed by atoms with van der Waals surface area (Å²) in [5.41, 5.74) is 4.30. The molecule has 0 fully saturated rings. The predicted octanol–water partition coefficient (Wildman–Crippen LogP) is 4.91. The van der Waals surface area contributed by atoms with Crippen LogP contribution in [-0.4, -0.2) is 39.3 Å². The Morgan fingerprint density at radius 3 is 2.24 bits per heavy atom. The fraction of sp³-hybridized carbons (Fsp3) is 0.419. The van der Waals surface area contributed by atoms with Crippen molar-refractivity contribution in [1.82, 2.24) is 39.3 Å². The number of nitrogens with zero attached hydrogens (tertiary/aromatic N) is 7. The van der Waals surface area contributed by atoms with Crippen molar-refractivity contribution in [2.24, 2.45) is 11.3 Å². The number of aromatic nitrogens is 8. The smallest absolute Gasteiger partial charge is 0.318 e. The SMILES string of the molecule is CCCn1c(=O)n(CC(C)C)c(=O)c2c1nc(CC(C)(C)C)n2Cc1ccc(-c2ccccc2-c2nn[nH]n2)cc1. The first-order valence-electron chi connectivity index (χ1n) is 14.2. The van der Waals surface area contributed by atoms with Crippen molar-refractivity contribution < 1.29 is 0 Å². The average molecular weight is 555 g/mol. The molecule has 0 saturated heterocycles. The van der Waals surface area contributed by atoms with Gasteiger partial charge in [0.05, 0.1) is 0 Å². The van der Waals surface area contributed by atoms with E-state index in [0.717, 1.165) is 34.5 Å². The van der Waals surface area contributed by atoms with Gasteiger partial charge in [-0.1, -0.05) is 90.1 Å². The number of nitrogens with one attached hydrogen (secondary N) is 1. The number of aromatic amines is 1. The van der Waals surface area contributed by atoms with E-state index < -0.39 is 0 Å². The molecule has 41 heavy (non-hydrogen) atoms. The van der Waals surface area contributed by atoms with Gasteiger partial charge in [0.15, 0.2) is 11.2 Å². The largest absolute Gasteiger partial charge is 0.332 e. The van der Waals surface area contributed by atoms with Crippen LogP contribution >= 0.6 is 0 Å². The summed E-state index contributed by atoms with van der Waals surface area (Å²) in [6.45, 7) is 13.9. The second kappa shape index (κ2) is 11.3. The standard InChI is InChI=1S/C31H38N8O2/c1-7-16-37-28-26(29(40)39(30(37)41)18-20(2)3)38(25(32-28)17-31(4,5)6)19-21-12-14-22(15-13-21)23-10-8-9-11-24(23)27-33-35-36-34-27/h8-15,20H,7,16-19H2,1-6H3,(H,33,34,35,36). The number of benzene rings is 2. The molecule has 0 unspecified atom stereocenters. The quantitative estimate of drug-likeness (QED) is 0.277. The molecule has 3 aromatic heterocycles. The third kappa shape index (κ3) is 5.77. The molecule has 0 amide bonds. The second-order valence-corrected chi connectivity index (χ2v) is 12.2. The maximum atomic E-state index is 13.9. The first-order chi connectivity index (χ1) is 19.6. The van der Waals surface area contributed by atoms with Gasteiger partial charge in [0, 0.05) is 31.6 Å². The second-order valence-electron chi connectivity index (χ2n) is 12.2. The summed E-state index contributed by atoms with van der Waals surface area (Å²) in [5.74, 6) is 1.50. The van der Waals surface area contributed by atoms with Gasteiger partial charge < -0.3 is 4.57 Å². The molecule has 10 nitrogen and oxygen atoms in total. The van der Waals surface area contributed by atoms with Gasteiger partial charge >= 0.3 is 5.69 Å². The molecule has 10 heteroatoms. The summed E-state index contributed by atoms with van der Waals surface area (Å²) in [6.07, 6.45) is 1.44. The Morgan fingerprint density at radius 2 is 1.63 bits per heavy atom. The molecule has 0 radical (unpaired) electrons. The highest BCUT2D eigenvalue weighted by atomic mass is 16.2. The number of hydrogen-bond acceptors (Lipinski definition) is 6. The zero-order chi connectivity index (χ0) is 29.3. The molecular weight excluding hydrogens is 516 g/mol. The van der Waals surface area contributed by atoms with Gasteiger partial charge in [-0.2, -0.15) is 5.21 Å². The number of tetrazole rings is 1. The highest BCUT2D eigenvalue weighted by Gasteiger charge is 2.24. The Hall–Kier alpha value is -4.34. The lowest BCUT2D eigenvalue weighted by Crippen LogP contribution is -2.41. The van der Waals surface area contributed by atoms with Crippen LogP contribution in [0.15, 0.2) is 58.1 Å². The van der Waals surface area contributed by atoms with Crippen molar-refractivity contribution in [3.8, 4) is 22.5 Å². The molecule has 1 N–H and O–H groups in total. The van der Waals surface area contributed by atoms with Crippen molar-refractivity contribution in [1.29, 1.82) is 0 Å². The van der Waals surface area contributed by atoms with Gasteiger partial charge in [-0.3, -0.25) is 13.9 Å². The van der Waals surface area contributed by atoms with Crippen molar-refractivity contribution in [3.05, 3.63) is 80.8 Å². The molecular formula is C31H38N8O2. The van der Waals surface area contributed by atoms with Crippen molar-refractivity contribution in [2.75, 3.05) is 0 Å². The van der Waals surface area contributed by atoms with Crippen LogP contribution in [0.2, 0.25) is 0 Å². The Bertz CT molecular complexity index is 1770. The van der Waals surface area contributed by atoms with Crippen molar-refractivity contribution >= 4 is 11.2 Å². The topological polar surface area (TPSA) is 116 Å². The molecule has 0 atom stereocenters. The third-order valence-electron chi connectivity index (χ3n) is 7.00. The minimum absolute atomic E-state index is 0.0608. The number of H-pyrrole nitrogens is 1. The summed E-state index contributed by atoms with van der Waals surface area (Å²) in [6, 6.07) is 16.2. The Balaban J connectivity index is 1.62. The van der Waals surface area contributed by atoms with Crippen LogP contribution in [0.5, 0.6) is 0 Å². The van der Waals surface area contributed by atoms with Gasteiger partial charge in [-0.05, 0) is 39.7 Å². The van der Waals surface area contributed by atoms with Gasteiger partial charge in [-0.25, -0.2) is 9.78 Å². The van der Waals surface area contributed by atoms with Crippen LogP contribution in [0, 0.1) is 11.3 Å². The highest BCUT2D eigenvalue weighted by Crippen LogP contribution is 2.30. The molecule has 5 rings (SSSR count). The Morgan fingerprint density at radius 1 is 0.927 bits per heavy atom. The predicted molar refractivity (Wildman–Crippen MR) is 161 cm³/mol. The molecule has 5 aromatic rings. The molecule has 0 spiro atoms. The molecule has 0 aliphatic carbocycles. The maximum Gasteiger partial charge on any atom is 0.332 e. The Kier molecular flexibility index (Phi) is 7.75. The maximum absolute atomic E-state index is 13.9. The van der Waals surface area contributed by atoms with E-state index in [4.69, 9.17) is 4.98 Å². The van der Waals surface area contributed by atoms with E-state index in [-0.39, 0.29) is 22.6 Å². The van der Waals surface area contributed by atoms with Crippen LogP contribution in [-0.2, 0) is 26.1 Å². The molecule has 214 valence electrons. The lowest BCUT2D eigenvalue weighted by molar-refractivity contribution is 0.394. The first kappa shape index (κ1) is 28.2. The molecule has 0 aliphatic heterocycles. The summed E-state index contributed by atoms with van der Waals surface area (Å²) in [5, 5.41) is 14.5. The fourth-order valence-electron chi connectivity index (χ4n) is 5.24. The monoisotopic (exact) mass is 554 g/mol. The van der Waals surface area contributed by atoms with Crippen molar-refractivity contribution in [2.45, 2.75) is 74.0 Å². The Labute approximate surface area is 239 Å². The molecule has 3 heterocycles. The van der Waals surface area contributed by atoms with Crippen LogP contribution in [0.25, 0.3) is 33.7 Å². The van der Waals surface area contributed by atoms with E-state index in [1.807, 2.05) is 49.6 Å². The summed E-state index contributed by atoms with van der Waals surface area (Å²) >= 11 is 0. The lowest BCUT2D eigenvalue weighted by Gasteiger charge is -2.19. The number of imidazole rings is 1. The van der Waals surface area contributed by atoms with E-state index >= 15 is 0 Å². The number of fused-ring (bicyclic) bond motifs is 1. The minimum Gasteiger partial charge on any atom is -0.318 e. The lowest BCUT2D eigenvalue weighted by atomic mass is 9.92. The summed E-state index contributed by atoms with van der Waals surface area (Å²) in [4.78, 5) is 32.3. The van der Waals surface area contributed by atoms with E-state index in [1.165, 1.54) is 4.57 Å². The van der Waals surface area contributed by atoms with E-state index in [0.29, 0.717) is 43.0 Å². The van der Waals surface area contributed by atoms with Crippen molar-refractivity contribution in [3.63, 3.8) is 0 Å². The van der Waals surface area contributed by atoms with Crippen LogP contribution in [0.1, 0.15) is 59.4 Å². The summed E-state index contributed by atoms with van der Waals surface area (Å²) < 4.78 is 5.09.